The molecule has 0 atom stereocenters. The Morgan fingerprint density at radius 2 is 1.66 bits per heavy atom. The Bertz CT molecular complexity index is 1580. The number of nitrogens with one attached hydrogen (secondary N) is 2. The van der Waals surface area contributed by atoms with E-state index >= 15 is 0 Å². The van der Waals surface area contributed by atoms with E-state index in [2.05, 4.69) is 29.9 Å². The van der Waals surface area contributed by atoms with E-state index < -0.39 is 23.1 Å². The zero-order chi connectivity index (χ0) is 25.1. The molecule has 0 fully saturated rings. The highest BCUT2D eigenvalue weighted by Gasteiger charge is 2.25. The summed E-state index contributed by atoms with van der Waals surface area (Å²) in [5.74, 6) is -2.98. The average Bonchev–Trinajstić information content (AvgIpc) is 3.36. The molecular formula is C24H19N5O5S. The second-order valence-corrected chi connectivity index (χ2v) is 7.73. The van der Waals surface area contributed by atoms with Gasteiger partial charge < -0.3 is 24.9 Å². The number of aliphatic imine (C=N–C) groups is 1. The molecule has 0 unspecified atom stereocenters. The fourth-order valence-electron chi connectivity index (χ4n) is 3.60. The van der Waals surface area contributed by atoms with Crippen LogP contribution in [0, 0.1) is 6.92 Å². The number of aromatic amines is 2. The van der Waals surface area contributed by atoms with Gasteiger partial charge in [0, 0.05) is 33.8 Å². The normalized spacial score (nSPS) is 12.5. The van der Waals surface area contributed by atoms with Gasteiger partial charge in [-0.3, -0.25) is 4.79 Å². The second kappa shape index (κ2) is 9.69. The van der Waals surface area contributed by atoms with Crippen LogP contribution in [0.15, 0.2) is 69.3 Å². The molecule has 4 aromatic rings. The van der Waals surface area contributed by atoms with Crippen molar-refractivity contribution in [3.8, 4) is 5.88 Å². The summed E-state index contributed by atoms with van der Waals surface area (Å²) in [7, 11) is 1.05. The number of carbonyl (C=O) groups is 2. The number of para-hydroxylation sites is 2. The number of methoxy groups -OCH3 is 1. The topological polar surface area (TPSA) is 152 Å². The van der Waals surface area contributed by atoms with Gasteiger partial charge in [0.25, 0.3) is 5.78 Å². The van der Waals surface area contributed by atoms with E-state index in [-0.39, 0.29) is 16.7 Å². The van der Waals surface area contributed by atoms with Crippen LogP contribution in [-0.2, 0) is 14.3 Å². The maximum Gasteiger partial charge on any atom is 0.379 e. The number of aryl methyl sites for hydroxylation is 1. The third kappa shape index (κ3) is 4.57. The van der Waals surface area contributed by atoms with Crippen LogP contribution in [-0.4, -0.2) is 50.4 Å². The van der Waals surface area contributed by atoms with Gasteiger partial charge in [0.2, 0.25) is 11.0 Å². The average molecular weight is 490 g/mol. The fraction of sp³-hybridized carbons (Fsp3) is 0.0833. The van der Waals surface area contributed by atoms with Gasteiger partial charge in [-0.2, -0.15) is 0 Å². The largest absolute Gasteiger partial charge is 0.506 e. The molecule has 35 heavy (non-hydrogen) atoms. The number of esters is 1. The number of aliphatic hydroxyl groups is 1. The molecule has 4 rings (SSSR count). The summed E-state index contributed by atoms with van der Waals surface area (Å²) in [6.45, 7) is 1.72. The van der Waals surface area contributed by atoms with Crippen molar-refractivity contribution in [3.05, 3.63) is 65.4 Å². The third-order valence-corrected chi connectivity index (χ3v) is 5.39. The van der Waals surface area contributed by atoms with E-state index in [0.29, 0.717) is 27.5 Å². The van der Waals surface area contributed by atoms with E-state index in [4.69, 9.17) is 12.2 Å². The number of benzene rings is 2. The number of nitrogens with zero attached hydrogens (tertiary/aromatic N) is 3. The van der Waals surface area contributed by atoms with Crippen LogP contribution >= 0.6 is 12.2 Å². The third-order valence-electron chi connectivity index (χ3n) is 5.20. The van der Waals surface area contributed by atoms with E-state index in [1.807, 2.05) is 12.1 Å². The number of rotatable bonds is 5. The first-order chi connectivity index (χ1) is 16.8. The lowest BCUT2D eigenvalue weighted by atomic mass is 10.0. The number of aromatic nitrogens is 2. The lowest BCUT2D eigenvalue weighted by Gasteiger charge is -2.06. The summed E-state index contributed by atoms with van der Waals surface area (Å²) < 4.78 is 4.53. The number of azo groups is 1. The molecule has 0 radical (unpaired) electrons. The van der Waals surface area contributed by atoms with Crippen molar-refractivity contribution in [1.82, 2.24) is 9.97 Å². The zero-order valence-corrected chi connectivity index (χ0v) is 19.4. The maximum absolute atomic E-state index is 12.7. The highest BCUT2D eigenvalue weighted by Crippen LogP contribution is 2.35. The minimum atomic E-state index is -1.19. The Labute approximate surface area is 203 Å². The Kier molecular flexibility index (Phi) is 6.51. The van der Waals surface area contributed by atoms with Crippen molar-refractivity contribution in [3.63, 3.8) is 0 Å². The number of hydrogen-bond acceptors (Lipinski definition) is 7. The minimum Gasteiger partial charge on any atom is -0.506 e. The SMILES string of the molecule is COC(=O)C(=O)C(/C=N/C(=S)N=Nc1c(O)[nH]c2ccccc12)=C(\O)c1c(C)[nH]c2ccccc12. The first-order valence-corrected chi connectivity index (χ1v) is 10.7. The molecule has 2 heterocycles. The highest BCUT2D eigenvalue weighted by molar-refractivity contribution is 7.80. The van der Waals surface area contributed by atoms with Gasteiger partial charge in [0.05, 0.1) is 18.2 Å². The monoisotopic (exact) mass is 489 g/mol. The minimum absolute atomic E-state index is 0.164. The van der Waals surface area contributed by atoms with Crippen molar-refractivity contribution < 1.29 is 24.5 Å². The smallest absolute Gasteiger partial charge is 0.379 e. The van der Waals surface area contributed by atoms with Gasteiger partial charge in [0.1, 0.15) is 5.76 Å². The molecule has 0 bridgehead atoms. The molecule has 0 aliphatic heterocycles. The fourth-order valence-corrected chi connectivity index (χ4v) is 3.69. The van der Waals surface area contributed by atoms with Crippen molar-refractivity contribution in [2.45, 2.75) is 6.92 Å². The summed E-state index contributed by atoms with van der Waals surface area (Å²) in [6.07, 6.45) is 0.937. The summed E-state index contributed by atoms with van der Waals surface area (Å²) in [4.78, 5) is 34.4. The van der Waals surface area contributed by atoms with E-state index in [1.165, 1.54) is 0 Å². The molecule has 4 N–H and O–H groups in total. The van der Waals surface area contributed by atoms with Gasteiger partial charge in [-0.15, -0.1) is 10.2 Å². The summed E-state index contributed by atoms with van der Waals surface area (Å²) in [5, 5.41) is 29.8. The number of aromatic hydroxyl groups is 1. The molecule has 10 nitrogen and oxygen atoms in total. The predicted octanol–water partition coefficient (Wildman–Crippen LogP) is 4.81. The molecule has 176 valence electrons. The standard InChI is InChI=1S/C24H19N5O5S/c1-12-18(13-7-3-5-9-16(13)26-12)20(30)15(21(31)23(33)34-2)11-25-24(35)29-28-19-14-8-4-6-10-17(14)27-22(19)32/h3-11,26-27,30,32H,1-2H3/b20-15-,25-11+,29-28?. The number of aliphatic hydroxyl groups excluding tert-OH is 1. The molecular weight excluding hydrogens is 470 g/mol. The molecule has 0 amide bonds. The molecule has 2 aromatic heterocycles. The summed E-state index contributed by atoms with van der Waals surface area (Å²) >= 11 is 5.09. The van der Waals surface area contributed by atoms with E-state index in [1.54, 1.807) is 43.3 Å². The molecule has 0 spiro atoms. The number of thiocarbonyl (C=S) groups is 1. The number of carbonyl (C=O) groups excluding carboxylic acids is 2. The molecule has 0 saturated heterocycles. The first-order valence-electron chi connectivity index (χ1n) is 10.2. The second-order valence-electron chi connectivity index (χ2n) is 7.36. The number of fused-ring (bicyclic) bond motifs is 2. The molecule has 2 aromatic carbocycles. The Morgan fingerprint density at radius 1 is 1.03 bits per heavy atom. The predicted molar refractivity (Wildman–Crippen MR) is 135 cm³/mol. The van der Waals surface area contributed by atoms with Gasteiger partial charge in [-0.25, -0.2) is 9.79 Å². The van der Waals surface area contributed by atoms with E-state index in [9.17, 15) is 19.8 Å². The molecule has 11 heteroatoms. The van der Waals surface area contributed by atoms with Crippen LogP contribution in [0.5, 0.6) is 5.88 Å². The lowest BCUT2D eigenvalue weighted by Crippen LogP contribution is -2.20. The molecule has 0 saturated carbocycles. The van der Waals surface area contributed by atoms with Gasteiger partial charge in [-0.1, -0.05) is 36.4 Å². The molecule has 0 aliphatic rings. The first kappa shape index (κ1) is 23.5. The lowest BCUT2D eigenvalue weighted by molar-refractivity contribution is -0.149. The van der Waals surface area contributed by atoms with Crippen LogP contribution < -0.4 is 0 Å². The van der Waals surface area contributed by atoms with Crippen LogP contribution in [0.3, 0.4) is 0 Å². The van der Waals surface area contributed by atoms with Gasteiger partial charge in [0.15, 0.2) is 5.69 Å². The quantitative estimate of drug-likeness (QED) is 0.0600. The number of ketones is 1. The van der Waals surface area contributed by atoms with Crippen molar-refractivity contribution in [2.75, 3.05) is 7.11 Å². The Hall–Kier alpha value is -4.64. The van der Waals surface area contributed by atoms with Crippen LogP contribution in [0.25, 0.3) is 27.6 Å². The van der Waals surface area contributed by atoms with Crippen LogP contribution in [0.2, 0.25) is 0 Å². The number of ether oxygens (including phenoxy) is 1. The Morgan fingerprint density at radius 3 is 2.34 bits per heavy atom. The number of Topliss-reactive ketones (excluding diaryl/α,β-unsaturated/α-hetero) is 1. The summed E-state index contributed by atoms with van der Waals surface area (Å²) in [6, 6.07) is 14.2. The Balaban J connectivity index is 1.71. The van der Waals surface area contributed by atoms with Gasteiger partial charge in [-0.05, 0) is 31.3 Å². The zero-order valence-electron chi connectivity index (χ0n) is 18.6. The highest BCUT2D eigenvalue weighted by atomic mass is 32.1. The van der Waals surface area contributed by atoms with Crippen molar-refractivity contribution >= 4 is 68.5 Å². The molecule has 0 aliphatic carbocycles. The van der Waals surface area contributed by atoms with Crippen molar-refractivity contribution in [1.29, 1.82) is 0 Å². The van der Waals surface area contributed by atoms with Gasteiger partial charge >= 0.3 is 5.97 Å². The van der Waals surface area contributed by atoms with Crippen LogP contribution in [0.1, 0.15) is 11.3 Å². The maximum atomic E-state index is 12.7. The number of hydrogen-bond donors (Lipinski definition) is 4. The number of H-pyrrole nitrogens is 2. The van der Waals surface area contributed by atoms with Crippen molar-refractivity contribution in [2.24, 2.45) is 15.2 Å². The van der Waals surface area contributed by atoms with Crippen LogP contribution in [0.4, 0.5) is 5.69 Å². The summed E-state index contributed by atoms with van der Waals surface area (Å²) in [5.41, 5.74) is 2.02. The van der Waals surface area contributed by atoms with E-state index in [0.717, 1.165) is 18.8 Å².